The molecule has 1 aliphatic heterocycles. The summed E-state index contributed by atoms with van der Waals surface area (Å²) >= 11 is 1.42. The SMILES string of the molecule is CNC(=O)CN1CCCC1c1csc(NC(=O)c2ccccc2)n1. The molecule has 0 aliphatic carbocycles. The minimum Gasteiger partial charge on any atom is -0.358 e. The molecule has 2 amide bonds. The van der Waals surface area contributed by atoms with Crippen LogP contribution in [0.1, 0.15) is 34.9 Å². The third-order valence-electron chi connectivity index (χ3n) is 4.11. The average molecular weight is 344 g/mol. The van der Waals surface area contributed by atoms with E-state index in [1.165, 1.54) is 11.3 Å². The number of benzene rings is 1. The summed E-state index contributed by atoms with van der Waals surface area (Å²) in [5.41, 5.74) is 1.53. The second-order valence-electron chi connectivity index (χ2n) is 5.70. The van der Waals surface area contributed by atoms with E-state index >= 15 is 0 Å². The molecule has 2 heterocycles. The second-order valence-corrected chi connectivity index (χ2v) is 6.56. The van der Waals surface area contributed by atoms with E-state index in [9.17, 15) is 9.59 Å². The molecule has 1 atom stereocenters. The molecule has 1 fully saturated rings. The smallest absolute Gasteiger partial charge is 0.257 e. The molecule has 3 rings (SSSR count). The number of carbonyl (C=O) groups is 2. The van der Waals surface area contributed by atoms with Crippen LogP contribution in [-0.4, -0.2) is 41.8 Å². The van der Waals surface area contributed by atoms with Gasteiger partial charge in [-0.05, 0) is 31.5 Å². The molecule has 126 valence electrons. The molecule has 24 heavy (non-hydrogen) atoms. The van der Waals surface area contributed by atoms with E-state index in [0.29, 0.717) is 17.2 Å². The molecule has 2 aromatic rings. The lowest BCUT2D eigenvalue weighted by Crippen LogP contribution is -2.35. The van der Waals surface area contributed by atoms with Crippen molar-refractivity contribution in [3.63, 3.8) is 0 Å². The standard InChI is InChI=1S/C17H20N4O2S/c1-18-15(22)10-21-9-5-8-14(21)13-11-24-17(19-13)20-16(23)12-6-3-2-4-7-12/h2-4,6-7,11,14H,5,8-10H2,1H3,(H,18,22)(H,19,20,23). The van der Waals surface area contributed by atoms with Crippen LogP contribution in [0, 0.1) is 0 Å². The van der Waals surface area contributed by atoms with Crippen LogP contribution in [0.3, 0.4) is 0 Å². The van der Waals surface area contributed by atoms with Gasteiger partial charge in [-0.15, -0.1) is 11.3 Å². The van der Waals surface area contributed by atoms with Gasteiger partial charge in [0.25, 0.3) is 5.91 Å². The number of hydrogen-bond donors (Lipinski definition) is 2. The van der Waals surface area contributed by atoms with Gasteiger partial charge in [0, 0.05) is 18.0 Å². The Kier molecular flexibility index (Phi) is 5.22. The van der Waals surface area contributed by atoms with E-state index in [2.05, 4.69) is 20.5 Å². The fraction of sp³-hybridized carbons (Fsp3) is 0.353. The zero-order valence-corrected chi connectivity index (χ0v) is 14.3. The van der Waals surface area contributed by atoms with Gasteiger partial charge in [-0.2, -0.15) is 0 Å². The maximum absolute atomic E-state index is 12.2. The van der Waals surface area contributed by atoms with E-state index < -0.39 is 0 Å². The van der Waals surface area contributed by atoms with Gasteiger partial charge in [0.2, 0.25) is 5.91 Å². The first kappa shape index (κ1) is 16.6. The first-order chi connectivity index (χ1) is 11.7. The fourth-order valence-electron chi connectivity index (χ4n) is 2.87. The van der Waals surface area contributed by atoms with Gasteiger partial charge in [-0.25, -0.2) is 4.98 Å². The van der Waals surface area contributed by atoms with Gasteiger partial charge in [-0.3, -0.25) is 19.8 Å². The number of thiazole rings is 1. The van der Waals surface area contributed by atoms with Crippen LogP contribution in [0.5, 0.6) is 0 Å². The van der Waals surface area contributed by atoms with Crippen molar-refractivity contribution in [2.24, 2.45) is 0 Å². The number of anilines is 1. The average Bonchev–Trinajstić information content (AvgIpc) is 3.24. The largest absolute Gasteiger partial charge is 0.358 e. The number of nitrogens with one attached hydrogen (secondary N) is 2. The van der Waals surface area contributed by atoms with Gasteiger partial charge in [0.1, 0.15) is 0 Å². The fourth-order valence-corrected chi connectivity index (χ4v) is 3.62. The van der Waals surface area contributed by atoms with E-state index in [0.717, 1.165) is 25.1 Å². The second kappa shape index (κ2) is 7.55. The Hall–Kier alpha value is -2.25. The van der Waals surface area contributed by atoms with Crippen LogP contribution in [0.25, 0.3) is 0 Å². The van der Waals surface area contributed by atoms with Gasteiger partial charge < -0.3 is 5.32 Å². The Morgan fingerprint density at radius 1 is 1.33 bits per heavy atom. The molecule has 1 aliphatic rings. The summed E-state index contributed by atoms with van der Waals surface area (Å²) in [5.74, 6) is -0.153. The molecule has 1 saturated heterocycles. The minimum absolute atomic E-state index is 0.00901. The highest BCUT2D eigenvalue weighted by Crippen LogP contribution is 2.33. The summed E-state index contributed by atoms with van der Waals surface area (Å²) in [6.45, 7) is 1.27. The Labute approximate surface area is 144 Å². The Morgan fingerprint density at radius 2 is 2.12 bits per heavy atom. The molecular weight excluding hydrogens is 324 g/mol. The molecule has 1 aromatic heterocycles. The monoisotopic (exact) mass is 344 g/mol. The van der Waals surface area contributed by atoms with Crippen LogP contribution < -0.4 is 10.6 Å². The summed E-state index contributed by atoms with van der Waals surface area (Å²) in [7, 11) is 1.65. The highest BCUT2D eigenvalue weighted by atomic mass is 32.1. The summed E-state index contributed by atoms with van der Waals surface area (Å²) in [6, 6.07) is 9.22. The van der Waals surface area contributed by atoms with E-state index in [1.807, 2.05) is 23.6 Å². The van der Waals surface area contributed by atoms with Crippen LogP contribution in [-0.2, 0) is 4.79 Å². The summed E-state index contributed by atoms with van der Waals surface area (Å²) in [5, 5.41) is 8.05. The summed E-state index contributed by atoms with van der Waals surface area (Å²) in [6.07, 6.45) is 2.03. The third-order valence-corrected chi connectivity index (χ3v) is 4.88. The van der Waals surface area contributed by atoms with Gasteiger partial charge >= 0.3 is 0 Å². The molecule has 1 aromatic carbocycles. The Bertz CT molecular complexity index is 716. The van der Waals surface area contributed by atoms with Crippen LogP contribution >= 0.6 is 11.3 Å². The lowest BCUT2D eigenvalue weighted by molar-refractivity contribution is -0.122. The number of nitrogens with zero attached hydrogens (tertiary/aromatic N) is 2. The van der Waals surface area contributed by atoms with Gasteiger partial charge in [0.15, 0.2) is 5.13 Å². The molecule has 0 spiro atoms. The summed E-state index contributed by atoms with van der Waals surface area (Å²) in [4.78, 5) is 30.5. The lowest BCUT2D eigenvalue weighted by Gasteiger charge is -2.21. The van der Waals surface area contributed by atoms with Crippen LogP contribution in [0.15, 0.2) is 35.7 Å². The third kappa shape index (κ3) is 3.80. The van der Waals surface area contributed by atoms with E-state index in [-0.39, 0.29) is 17.9 Å². The number of hydrogen-bond acceptors (Lipinski definition) is 5. The number of amides is 2. The lowest BCUT2D eigenvalue weighted by atomic mass is 10.2. The summed E-state index contributed by atoms with van der Waals surface area (Å²) < 4.78 is 0. The molecular formula is C17H20N4O2S. The van der Waals surface area contributed by atoms with Crippen molar-refractivity contribution in [3.05, 3.63) is 47.0 Å². The molecule has 0 radical (unpaired) electrons. The first-order valence-corrected chi connectivity index (χ1v) is 8.82. The molecule has 7 heteroatoms. The predicted octanol–water partition coefficient (Wildman–Crippen LogP) is 2.28. The van der Waals surface area contributed by atoms with Crippen molar-refractivity contribution in [3.8, 4) is 0 Å². The normalized spacial score (nSPS) is 17.6. The number of likely N-dealkylation sites (tertiary alicyclic amines) is 1. The topological polar surface area (TPSA) is 74.3 Å². The minimum atomic E-state index is -0.162. The quantitative estimate of drug-likeness (QED) is 0.873. The number of carbonyl (C=O) groups excluding carboxylic acids is 2. The van der Waals surface area contributed by atoms with Crippen molar-refractivity contribution < 1.29 is 9.59 Å². The predicted molar refractivity (Wildman–Crippen MR) is 94.1 cm³/mol. The maximum atomic E-state index is 12.2. The van der Waals surface area contributed by atoms with Crippen molar-refractivity contribution >= 4 is 28.3 Å². The van der Waals surface area contributed by atoms with Crippen LogP contribution in [0.4, 0.5) is 5.13 Å². The highest BCUT2D eigenvalue weighted by molar-refractivity contribution is 7.14. The Balaban J connectivity index is 1.66. The molecule has 1 unspecified atom stereocenters. The zero-order valence-electron chi connectivity index (χ0n) is 13.5. The van der Waals surface area contributed by atoms with E-state index in [4.69, 9.17) is 0 Å². The molecule has 0 saturated carbocycles. The number of likely N-dealkylation sites (N-methyl/N-ethyl adjacent to an activating group) is 1. The van der Waals surface area contributed by atoms with Crippen molar-refractivity contribution in [1.29, 1.82) is 0 Å². The number of rotatable bonds is 5. The number of aromatic nitrogens is 1. The zero-order chi connectivity index (χ0) is 16.9. The van der Waals surface area contributed by atoms with Crippen molar-refractivity contribution in [1.82, 2.24) is 15.2 Å². The van der Waals surface area contributed by atoms with Gasteiger partial charge in [0.05, 0.1) is 18.3 Å². The highest BCUT2D eigenvalue weighted by Gasteiger charge is 2.29. The van der Waals surface area contributed by atoms with E-state index in [1.54, 1.807) is 19.2 Å². The first-order valence-electron chi connectivity index (χ1n) is 7.94. The van der Waals surface area contributed by atoms with Crippen molar-refractivity contribution in [2.75, 3.05) is 25.5 Å². The molecule has 2 N–H and O–H groups in total. The van der Waals surface area contributed by atoms with Crippen molar-refractivity contribution in [2.45, 2.75) is 18.9 Å². The maximum Gasteiger partial charge on any atom is 0.257 e. The Morgan fingerprint density at radius 3 is 2.88 bits per heavy atom. The molecule has 0 bridgehead atoms. The molecule has 6 nitrogen and oxygen atoms in total. The van der Waals surface area contributed by atoms with Gasteiger partial charge in [-0.1, -0.05) is 18.2 Å². The van der Waals surface area contributed by atoms with Crippen LogP contribution in [0.2, 0.25) is 0 Å².